The minimum atomic E-state index is -0.731. The molecule has 1 atom stereocenters. The van der Waals surface area contributed by atoms with Gasteiger partial charge in [-0.15, -0.1) is 0 Å². The molecule has 0 bridgehead atoms. The number of amides is 1. The zero-order valence-corrected chi connectivity index (χ0v) is 11.0. The van der Waals surface area contributed by atoms with E-state index >= 15 is 0 Å². The Hall–Kier alpha value is -1.35. The summed E-state index contributed by atoms with van der Waals surface area (Å²) in [6.07, 6.45) is 0.656. The molecule has 0 radical (unpaired) electrons. The predicted octanol–water partition coefficient (Wildman–Crippen LogP) is 2.43. The molecule has 0 heterocycles. The third kappa shape index (κ3) is 3.56. The topological polar surface area (TPSA) is 38.3 Å². The van der Waals surface area contributed by atoms with Gasteiger partial charge in [-0.3, -0.25) is 4.79 Å². The molecule has 1 unspecified atom stereocenters. The minimum absolute atomic E-state index is 0.0666. The lowest BCUT2D eigenvalue weighted by atomic mass is 10.0. The van der Waals surface area contributed by atoms with E-state index in [0.717, 1.165) is 5.56 Å². The molecule has 1 amide bonds. The molecule has 0 fully saturated rings. The van der Waals surface area contributed by atoms with Gasteiger partial charge in [0.2, 0.25) is 0 Å². The molecule has 1 rings (SSSR count). The maximum atomic E-state index is 11.9. The van der Waals surface area contributed by atoms with Gasteiger partial charge in [-0.1, -0.05) is 36.8 Å². The number of ether oxygens (including phenoxy) is 1. The Morgan fingerprint density at radius 2 is 1.94 bits per heavy atom. The number of rotatable bonds is 5. The van der Waals surface area contributed by atoms with Crippen molar-refractivity contribution < 1.29 is 9.53 Å². The lowest BCUT2D eigenvalue weighted by Gasteiger charge is -2.25. The Bertz CT molecular complexity index is 366. The number of carbonyl (C=O) groups excluding carboxylic acids is 1. The number of methoxy groups -OCH3 is 1. The van der Waals surface area contributed by atoms with Crippen LogP contribution in [0.25, 0.3) is 0 Å². The van der Waals surface area contributed by atoms with Gasteiger partial charge in [0.15, 0.2) is 0 Å². The van der Waals surface area contributed by atoms with E-state index in [1.807, 2.05) is 38.1 Å². The number of carbonyl (C=O) groups is 1. The fraction of sp³-hybridized carbons (Fsp3) is 0.500. The number of hydrogen-bond acceptors (Lipinski definition) is 2. The molecule has 0 aliphatic carbocycles. The number of nitrogens with one attached hydrogen (secondary N) is 1. The van der Waals surface area contributed by atoms with Crippen LogP contribution >= 0.6 is 0 Å². The van der Waals surface area contributed by atoms with E-state index < -0.39 is 5.60 Å². The summed E-state index contributed by atoms with van der Waals surface area (Å²) in [5, 5.41) is 2.90. The van der Waals surface area contributed by atoms with Gasteiger partial charge in [-0.05, 0) is 25.8 Å². The average molecular weight is 235 g/mol. The molecule has 0 saturated carbocycles. The summed E-state index contributed by atoms with van der Waals surface area (Å²) < 4.78 is 5.24. The van der Waals surface area contributed by atoms with Crippen molar-refractivity contribution in [1.82, 2.24) is 5.32 Å². The van der Waals surface area contributed by atoms with Gasteiger partial charge in [-0.2, -0.15) is 0 Å². The molecule has 1 aromatic carbocycles. The van der Waals surface area contributed by atoms with Crippen LogP contribution in [0, 0.1) is 6.92 Å². The average Bonchev–Trinajstić information content (AvgIpc) is 2.36. The summed E-state index contributed by atoms with van der Waals surface area (Å²) in [7, 11) is 1.56. The molecule has 0 aliphatic rings. The molecule has 3 nitrogen and oxygen atoms in total. The first-order valence-electron chi connectivity index (χ1n) is 5.91. The standard InChI is InChI=1S/C14H21NO2/c1-5-14(3,17-4)13(16)15-10-12-8-6-11(2)7-9-12/h6-9H,5,10H2,1-4H3,(H,15,16). The van der Waals surface area contributed by atoms with Crippen molar-refractivity contribution in [1.29, 1.82) is 0 Å². The molecule has 0 spiro atoms. The van der Waals surface area contributed by atoms with Gasteiger partial charge in [-0.25, -0.2) is 0 Å². The maximum absolute atomic E-state index is 11.9. The van der Waals surface area contributed by atoms with Crippen LogP contribution in [-0.4, -0.2) is 18.6 Å². The summed E-state index contributed by atoms with van der Waals surface area (Å²) in [5.74, 6) is -0.0666. The van der Waals surface area contributed by atoms with Crippen molar-refractivity contribution in [2.24, 2.45) is 0 Å². The van der Waals surface area contributed by atoms with Crippen LogP contribution in [0.15, 0.2) is 24.3 Å². The molecular weight excluding hydrogens is 214 g/mol. The van der Waals surface area contributed by atoms with Crippen molar-refractivity contribution in [3.63, 3.8) is 0 Å². The Morgan fingerprint density at radius 3 is 2.41 bits per heavy atom. The highest BCUT2D eigenvalue weighted by Gasteiger charge is 2.30. The van der Waals surface area contributed by atoms with Crippen molar-refractivity contribution in [2.45, 2.75) is 39.3 Å². The Kier molecular flexibility index (Phi) is 4.70. The van der Waals surface area contributed by atoms with E-state index in [0.29, 0.717) is 13.0 Å². The molecule has 0 aromatic heterocycles. The van der Waals surface area contributed by atoms with Gasteiger partial charge in [0.25, 0.3) is 5.91 Å². The SMILES string of the molecule is CCC(C)(OC)C(=O)NCc1ccc(C)cc1. The third-order valence-electron chi connectivity index (χ3n) is 3.18. The van der Waals surface area contributed by atoms with Crippen LogP contribution in [0.4, 0.5) is 0 Å². The molecule has 3 heteroatoms. The van der Waals surface area contributed by atoms with Crippen molar-refractivity contribution in [3.05, 3.63) is 35.4 Å². The molecule has 1 aromatic rings. The van der Waals surface area contributed by atoms with Crippen molar-refractivity contribution in [3.8, 4) is 0 Å². The molecular formula is C14H21NO2. The lowest BCUT2D eigenvalue weighted by Crippen LogP contribution is -2.45. The Balaban J connectivity index is 2.56. The summed E-state index contributed by atoms with van der Waals surface area (Å²) in [5.41, 5.74) is 1.58. The van der Waals surface area contributed by atoms with Crippen molar-refractivity contribution >= 4 is 5.91 Å². The maximum Gasteiger partial charge on any atom is 0.252 e. The highest BCUT2D eigenvalue weighted by atomic mass is 16.5. The summed E-state index contributed by atoms with van der Waals surface area (Å²) in [6.45, 7) is 6.33. The lowest BCUT2D eigenvalue weighted by molar-refractivity contribution is -0.142. The Morgan fingerprint density at radius 1 is 1.35 bits per heavy atom. The first-order valence-corrected chi connectivity index (χ1v) is 5.91. The number of aryl methyl sites for hydroxylation is 1. The molecule has 17 heavy (non-hydrogen) atoms. The highest BCUT2D eigenvalue weighted by molar-refractivity contribution is 5.84. The fourth-order valence-electron chi connectivity index (χ4n) is 1.47. The van der Waals surface area contributed by atoms with E-state index in [9.17, 15) is 4.79 Å². The van der Waals surface area contributed by atoms with Gasteiger partial charge in [0, 0.05) is 13.7 Å². The second-order valence-corrected chi connectivity index (χ2v) is 4.46. The number of hydrogen-bond donors (Lipinski definition) is 1. The fourth-order valence-corrected chi connectivity index (χ4v) is 1.47. The van der Waals surface area contributed by atoms with E-state index in [4.69, 9.17) is 4.74 Å². The van der Waals surface area contributed by atoms with E-state index in [1.165, 1.54) is 5.56 Å². The van der Waals surface area contributed by atoms with Crippen LogP contribution in [0.5, 0.6) is 0 Å². The van der Waals surface area contributed by atoms with Crippen LogP contribution in [0.1, 0.15) is 31.4 Å². The second kappa shape index (κ2) is 5.82. The van der Waals surface area contributed by atoms with Gasteiger partial charge >= 0.3 is 0 Å². The first-order chi connectivity index (χ1) is 8.01. The quantitative estimate of drug-likeness (QED) is 0.851. The van der Waals surface area contributed by atoms with Crippen LogP contribution in [0.2, 0.25) is 0 Å². The smallest absolute Gasteiger partial charge is 0.252 e. The zero-order valence-electron chi connectivity index (χ0n) is 11.0. The summed E-state index contributed by atoms with van der Waals surface area (Å²) in [4.78, 5) is 11.9. The van der Waals surface area contributed by atoms with Gasteiger partial charge in [0.05, 0.1) is 0 Å². The predicted molar refractivity (Wildman–Crippen MR) is 68.7 cm³/mol. The van der Waals surface area contributed by atoms with Gasteiger partial charge in [0.1, 0.15) is 5.60 Å². The monoisotopic (exact) mass is 235 g/mol. The first kappa shape index (κ1) is 13.7. The second-order valence-electron chi connectivity index (χ2n) is 4.46. The van der Waals surface area contributed by atoms with Crippen molar-refractivity contribution in [2.75, 3.05) is 7.11 Å². The summed E-state index contributed by atoms with van der Waals surface area (Å²) >= 11 is 0. The molecule has 0 aliphatic heterocycles. The molecule has 1 N–H and O–H groups in total. The van der Waals surface area contributed by atoms with E-state index in [-0.39, 0.29) is 5.91 Å². The molecule has 0 saturated heterocycles. The van der Waals surface area contributed by atoms with E-state index in [1.54, 1.807) is 14.0 Å². The Labute approximate surface area is 103 Å². The van der Waals surface area contributed by atoms with Crippen LogP contribution < -0.4 is 5.32 Å². The third-order valence-corrected chi connectivity index (χ3v) is 3.18. The molecule has 94 valence electrons. The largest absolute Gasteiger partial charge is 0.369 e. The summed E-state index contributed by atoms with van der Waals surface area (Å²) in [6, 6.07) is 8.12. The minimum Gasteiger partial charge on any atom is -0.369 e. The highest BCUT2D eigenvalue weighted by Crippen LogP contribution is 2.14. The van der Waals surface area contributed by atoms with E-state index in [2.05, 4.69) is 5.32 Å². The number of benzene rings is 1. The normalized spacial score (nSPS) is 14.1. The van der Waals surface area contributed by atoms with Crippen LogP contribution in [0.3, 0.4) is 0 Å². The zero-order chi connectivity index (χ0) is 12.9. The van der Waals surface area contributed by atoms with Crippen LogP contribution in [-0.2, 0) is 16.1 Å². The van der Waals surface area contributed by atoms with Gasteiger partial charge < -0.3 is 10.1 Å².